The molecule has 3 heterocycles. The Bertz CT molecular complexity index is 967. The fourth-order valence-electron chi connectivity index (χ4n) is 4.92. The van der Waals surface area contributed by atoms with E-state index < -0.39 is 10.8 Å². The first-order valence-electron chi connectivity index (χ1n) is 11.3. The van der Waals surface area contributed by atoms with Crippen molar-refractivity contribution >= 4 is 34.2 Å². The monoisotopic (exact) mass is 460 g/mol. The van der Waals surface area contributed by atoms with Crippen molar-refractivity contribution in [1.82, 2.24) is 9.97 Å². The number of fused-ring (bicyclic) bond motifs is 1. The van der Waals surface area contributed by atoms with Crippen molar-refractivity contribution < 1.29 is 9.32 Å². The summed E-state index contributed by atoms with van der Waals surface area (Å²) in [5.41, 5.74) is 1.91. The van der Waals surface area contributed by atoms with Crippen molar-refractivity contribution in [2.45, 2.75) is 61.3 Å². The minimum atomic E-state index is -1.09. The van der Waals surface area contributed by atoms with Gasteiger partial charge in [-0.15, -0.1) is 0 Å². The maximum atomic E-state index is 12.8. The predicted octanol–water partition coefficient (Wildman–Crippen LogP) is 3.89. The van der Waals surface area contributed by atoms with E-state index in [0.717, 1.165) is 79.6 Å². The third-order valence-electron chi connectivity index (χ3n) is 7.01. The summed E-state index contributed by atoms with van der Waals surface area (Å²) in [5.74, 6) is 2.57. The van der Waals surface area contributed by atoms with Crippen LogP contribution >= 0.6 is 11.6 Å². The number of hydrogen-bond donors (Lipinski definition) is 2. The van der Waals surface area contributed by atoms with E-state index in [4.69, 9.17) is 21.6 Å². The number of benzene rings is 1. The molecule has 2 aliphatic heterocycles. The molecule has 166 valence electrons. The quantitative estimate of drug-likeness (QED) is 0.704. The average Bonchev–Trinajstić information content (AvgIpc) is 2.77. The van der Waals surface area contributed by atoms with Crippen LogP contribution in [-0.4, -0.2) is 50.3 Å². The summed E-state index contributed by atoms with van der Waals surface area (Å²) >= 11 is 6.04. The third-order valence-corrected chi connectivity index (χ3v) is 8.81. The smallest absolute Gasteiger partial charge is 0.227 e. The first kappa shape index (κ1) is 21.2. The van der Waals surface area contributed by atoms with E-state index in [-0.39, 0.29) is 12.1 Å². The Kier molecular flexibility index (Phi) is 5.92. The Morgan fingerprint density at radius 3 is 2.55 bits per heavy atom. The predicted molar refractivity (Wildman–Crippen MR) is 125 cm³/mol. The van der Waals surface area contributed by atoms with Crippen LogP contribution in [0.2, 0.25) is 5.02 Å². The van der Waals surface area contributed by atoms with Gasteiger partial charge in [-0.3, -0.25) is 4.21 Å². The van der Waals surface area contributed by atoms with Gasteiger partial charge < -0.3 is 15.3 Å². The molecule has 1 saturated heterocycles. The number of anilines is 2. The van der Waals surface area contributed by atoms with Crippen LogP contribution in [-0.2, 0) is 17.2 Å². The van der Waals surface area contributed by atoms with Crippen molar-refractivity contribution in [3.05, 3.63) is 40.5 Å². The van der Waals surface area contributed by atoms with Crippen LogP contribution in [0.3, 0.4) is 0 Å². The molecule has 6 nitrogen and oxygen atoms in total. The number of rotatable bonds is 5. The molecule has 1 atom stereocenters. The molecule has 0 unspecified atom stereocenters. The number of piperidine rings is 1. The summed E-state index contributed by atoms with van der Waals surface area (Å²) in [7, 11) is -1.09. The number of aliphatic hydroxyl groups is 1. The molecule has 0 amide bonds. The summed E-state index contributed by atoms with van der Waals surface area (Å²) in [6.07, 6.45) is 6.72. The van der Waals surface area contributed by atoms with Gasteiger partial charge in [0.1, 0.15) is 10.7 Å². The van der Waals surface area contributed by atoms with Gasteiger partial charge in [-0.25, -0.2) is 4.98 Å². The minimum absolute atomic E-state index is 0.0697. The molecule has 1 aromatic carbocycles. The first-order valence-corrected chi connectivity index (χ1v) is 13.0. The Labute approximate surface area is 190 Å². The van der Waals surface area contributed by atoms with Gasteiger partial charge in [0.2, 0.25) is 5.95 Å². The number of hydrogen-bond acceptors (Lipinski definition) is 6. The first-order chi connectivity index (χ1) is 15.1. The second-order valence-corrected chi connectivity index (χ2v) is 11.0. The molecule has 2 aromatic rings. The highest BCUT2D eigenvalue weighted by atomic mass is 35.5. The molecule has 31 heavy (non-hydrogen) atoms. The topological polar surface area (TPSA) is 78.4 Å². The summed E-state index contributed by atoms with van der Waals surface area (Å²) in [6.45, 7) is 1.85. The number of aryl methyl sites for hydroxylation is 1. The Morgan fingerprint density at radius 2 is 1.90 bits per heavy atom. The number of halogens is 1. The SMILES string of the molecule is O=[S@@]1CCCc2nc(N3CCC(c4ccc(Cl)cc4)CC3)nc(NC3(CO)CCC3)c21. The van der Waals surface area contributed by atoms with Crippen molar-refractivity contribution in [3.63, 3.8) is 0 Å². The highest BCUT2D eigenvalue weighted by Gasteiger charge is 2.38. The molecule has 2 N–H and O–H groups in total. The standard InChI is InChI=1S/C23H29ClN4O2S/c24-18-6-4-16(5-7-18)17-8-12-28(13-9-17)22-25-19-3-1-14-31(30)20(19)21(26-22)27-23(15-29)10-2-11-23/h4-7,17,29H,1-3,8-15H2,(H,25,26,27)/t31-/m1/s1. The molecule has 1 aromatic heterocycles. The number of nitrogens with one attached hydrogen (secondary N) is 1. The molecule has 3 aliphatic rings. The van der Waals surface area contributed by atoms with Gasteiger partial charge in [0.25, 0.3) is 0 Å². The molecule has 0 radical (unpaired) electrons. The Hall–Kier alpha value is -1.70. The highest BCUT2D eigenvalue weighted by Crippen LogP contribution is 2.38. The maximum Gasteiger partial charge on any atom is 0.227 e. The third kappa shape index (κ3) is 4.20. The lowest BCUT2D eigenvalue weighted by Gasteiger charge is -2.42. The summed E-state index contributed by atoms with van der Waals surface area (Å²) in [5, 5.41) is 14.2. The van der Waals surface area contributed by atoms with Gasteiger partial charge in [0.05, 0.1) is 28.6 Å². The van der Waals surface area contributed by atoms with Gasteiger partial charge in [-0.2, -0.15) is 4.98 Å². The maximum absolute atomic E-state index is 12.8. The number of aromatic nitrogens is 2. The normalized spacial score (nSPS) is 23.2. The van der Waals surface area contributed by atoms with Gasteiger partial charge in [0, 0.05) is 23.9 Å². The van der Waals surface area contributed by atoms with Gasteiger partial charge in [-0.05, 0) is 68.6 Å². The van der Waals surface area contributed by atoms with E-state index in [0.29, 0.717) is 17.5 Å². The van der Waals surface area contributed by atoms with Gasteiger partial charge >= 0.3 is 0 Å². The van der Waals surface area contributed by atoms with Crippen LogP contribution in [0.15, 0.2) is 29.2 Å². The zero-order valence-corrected chi connectivity index (χ0v) is 19.2. The summed E-state index contributed by atoms with van der Waals surface area (Å²) < 4.78 is 12.8. The minimum Gasteiger partial charge on any atom is -0.394 e. The van der Waals surface area contributed by atoms with Crippen LogP contribution in [0.1, 0.15) is 55.7 Å². The molecule has 1 aliphatic carbocycles. The average molecular weight is 461 g/mol. The van der Waals surface area contributed by atoms with E-state index in [1.54, 1.807) is 0 Å². The largest absolute Gasteiger partial charge is 0.394 e. The van der Waals surface area contributed by atoms with Gasteiger partial charge in [0.15, 0.2) is 0 Å². The lowest BCUT2D eigenvalue weighted by molar-refractivity contribution is 0.143. The molecular formula is C23H29ClN4O2S. The molecule has 5 rings (SSSR count). The van der Waals surface area contributed by atoms with E-state index in [1.807, 2.05) is 12.1 Å². The van der Waals surface area contributed by atoms with Crippen LogP contribution in [0.5, 0.6) is 0 Å². The van der Waals surface area contributed by atoms with E-state index in [1.165, 1.54) is 5.56 Å². The van der Waals surface area contributed by atoms with E-state index in [9.17, 15) is 9.32 Å². The van der Waals surface area contributed by atoms with Crippen molar-refractivity contribution in [2.75, 3.05) is 35.7 Å². The van der Waals surface area contributed by atoms with Gasteiger partial charge in [-0.1, -0.05) is 23.7 Å². The van der Waals surface area contributed by atoms with E-state index >= 15 is 0 Å². The van der Waals surface area contributed by atoms with Crippen LogP contribution in [0.4, 0.5) is 11.8 Å². The van der Waals surface area contributed by atoms with E-state index in [2.05, 4.69) is 22.3 Å². The Morgan fingerprint density at radius 1 is 1.16 bits per heavy atom. The van der Waals surface area contributed by atoms with Crippen molar-refractivity contribution in [2.24, 2.45) is 0 Å². The second kappa shape index (κ2) is 8.68. The summed E-state index contributed by atoms with van der Waals surface area (Å²) in [6, 6.07) is 8.18. The molecule has 0 spiro atoms. The molecular weight excluding hydrogens is 432 g/mol. The lowest BCUT2D eigenvalue weighted by atomic mass is 9.77. The van der Waals surface area contributed by atoms with Crippen LogP contribution in [0, 0.1) is 0 Å². The number of nitrogens with zero attached hydrogens (tertiary/aromatic N) is 3. The zero-order chi connectivity index (χ0) is 21.4. The van der Waals surface area contributed by atoms with Crippen molar-refractivity contribution in [1.29, 1.82) is 0 Å². The number of aliphatic hydroxyl groups excluding tert-OH is 1. The van der Waals surface area contributed by atoms with Crippen molar-refractivity contribution in [3.8, 4) is 0 Å². The Balaban J connectivity index is 1.39. The molecule has 1 saturated carbocycles. The molecule has 0 bridgehead atoms. The molecule has 2 fully saturated rings. The highest BCUT2D eigenvalue weighted by molar-refractivity contribution is 7.85. The summed E-state index contributed by atoms with van der Waals surface area (Å²) in [4.78, 5) is 12.7. The zero-order valence-electron chi connectivity index (χ0n) is 17.6. The van der Waals surface area contributed by atoms with Crippen LogP contribution in [0.25, 0.3) is 0 Å². The van der Waals surface area contributed by atoms with Crippen LogP contribution < -0.4 is 10.2 Å². The molecule has 8 heteroatoms. The second-order valence-electron chi connectivity index (χ2n) is 9.03. The lowest BCUT2D eigenvalue weighted by Crippen LogP contribution is -2.49. The fourth-order valence-corrected chi connectivity index (χ4v) is 6.38. The fraction of sp³-hybridized carbons (Fsp3) is 0.565.